The third-order valence-electron chi connectivity index (χ3n) is 6.25. The van der Waals surface area contributed by atoms with Crippen molar-refractivity contribution in [2.75, 3.05) is 44.2 Å². The number of imide groups is 1. The lowest BCUT2D eigenvalue weighted by molar-refractivity contribution is -0.139. The summed E-state index contributed by atoms with van der Waals surface area (Å²) in [5.74, 6) is 0.683. The van der Waals surface area contributed by atoms with E-state index in [1.807, 2.05) is 43.3 Å². The van der Waals surface area contributed by atoms with E-state index < -0.39 is 5.41 Å². The van der Waals surface area contributed by atoms with Gasteiger partial charge in [0.2, 0.25) is 17.8 Å². The van der Waals surface area contributed by atoms with E-state index in [0.29, 0.717) is 6.54 Å². The second kappa shape index (κ2) is 8.92. The topological polar surface area (TPSA) is 69.6 Å². The van der Waals surface area contributed by atoms with Crippen LogP contribution in [-0.2, 0) is 15.0 Å². The van der Waals surface area contributed by atoms with Crippen LogP contribution in [0.25, 0.3) is 0 Å². The van der Waals surface area contributed by atoms with Gasteiger partial charge < -0.3 is 4.90 Å². The van der Waals surface area contributed by atoms with Crippen LogP contribution in [-0.4, -0.2) is 70.9 Å². The summed E-state index contributed by atoms with van der Waals surface area (Å²) in [6.45, 7) is 7.18. The number of carbonyl (C=O) groups excluding carboxylic acids is 2. The zero-order chi connectivity index (χ0) is 21.0. The molecule has 7 nitrogen and oxygen atoms in total. The smallest absolute Gasteiger partial charge is 0.240 e. The van der Waals surface area contributed by atoms with Crippen molar-refractivity contribution in [3.05, 3.63) is 54.4 Å². The van der Waals surface area contributed by atoms with E-state index in [4.69, 9.17) is 0 Å². The lowest BCUT2D eigenvalue weighted by atomic mass is 9.81. The fourth-order valence-corrected chi connectivity index (χ4v) is 4.37. The van der Waals surface area contributed by atoms with Crippen molar-refractivity contribution in [3.63, 3.8) is 0 Å². The van der Waals surface area contributed by atoms with Crippen molar-refractivity contribution in [2.45, 2.75) is 31.6 Å². The first-order valence-electron chi connectivity index (χ1n) is 10.7. The van der Waals surface area contributed by atoms with Gasteiger partial charge >= 0.3 is 0 Å². The first-order valence-corrected chi connectivity index (χ1v) is 10.7. The Morgan fingerprint density at radius 1 is 0.900 bits per heavy atom. The maximum absolute atomic E-state index is 13.0. The molecule has 0 saturated carbocycles. The molecule has 2 fully saturated rings. The predicted octanol–water partition coefficient (Wildman–Crippen LogP) is 2.10. The number of likely N-dealkylation sites (tertiary alicyclic amines) is 1. The van der Waals surface area contributed by atoms with Gasteiger partial charge in [-0.15, -0.1) is 0 Å². The summed E-state index contributed by atoms with van der Waals surface area (Å²) in [4.78, 5) is 40.3. The Balaban J connectivity index is 1.22. The molecule has 0 spiro atoms. The molecule has 1 aromatic carbocycles. The number of rotatable bonds is 7. The fraction of sp³-hybridized carbons (Fsp3) is 0.478. The molecule has 1 aromatic heterocycles. The van der Waals surface area contributed by atoms with Crippen LogP contribution in [0.3, 0.4) is 0 Å². The highest BCUT2D eigenvalue weighted by Gasteiger charge is 2.48. The molecule has 2 aliphatic rings. The first-order chi connectivity index (χ1) is 14.6. The highest BCUT2D eigenvalue weighted by Crippen LogP contribution is 2.36. The number of unbranched alkanes of at least 4 members (excludes halogenated alkanes) is 1. The fourth-order valence-electron chi connectivity index (χ4n) is 4.37. The average molecular weight is 408 g/mol. The number of nitrogens with zero attached hydrogens (tertiary/aromatic N) is 5. The van der Waals surface area contributed by atoms with E-state index in [-0.39, 0.29) is 18.2 Å². The number of piperazine rings is 1. The number of anilines is 1. The molecule has 2 aromatic rings. The summed E-state index contributed by atoms with van der Waals surface area (Å²) in [6, 6.07) is 11.5. The molecule has 7 heteroatoms. The molecule has 2 aliphatic heterocycles. The predicted molar refractivity (Wildman–Crippen MR) is 115 cm³/mol. The zero-order valence-corrected chi connectivity index (χ0v) is 17.5. The molecule has 4 rings (SSSR count). The van der Waals surface area contributed by atoms with Crippen LogP contribution >= 0.6 is 0 Å². The molecule has 2 saturated heterocycles. The molecular weight excluding hydrogens is 378 g/mol. The van der Waals surface area contributed by atoms with Crippen LogP contribution in [0.5, 0.6) is 0 Å². The highest BCUT2D eigenvalue weighted by atomic mass is 16.2. The van der Waals surface area contributed by atoms with Gasteiger partial charge in [-0.2, -0.15) is 0 Å². The molecular formula is C23H29N5O2. The summed E-state index contributed by atoms with van der Waals surface area (Å²) >= 11 is 0. The van der Waals surface area contributed by atoms with Gasteiger partial charge in [0.15, 0.2) is 0 Å². The standard InChI is InChI=1S/C23H29N5O2/c1-23(19-8-3-2-4-9-19)18-20(29)28(21(23)30)13-6-5-12-26-14-16-27(17-15-26)22-24-10-7-11-25-22/h2-4,7-11H,5-6,12-18H2,1H3. The van der Waals surface area contributed by atoms with Crippen molar-refractivity contribution >= 4 is 17.8 Å². The Morgan fingerprint density at radius 3 is 2.27 bits per heavy atom. The lowest BCUT2D eigenvalue weighted by Gasteiger charge is -2.34. The van der Waals surface area contributed by atoms with Gasteiger partial charge in [0.1, 0.15) is 0 Å². The monoisotopic (exact) mass is 407 g/mol. The lowest BCUT2D eigenvalue weighted by Crippen LogP contribution is -2.47. The maximum Gasteiger partial charge on any atom is 0.240 e. The first kappa shape index (κ1) is 20.5. The van der Waals surface area contributed by atoms with Crippen molar-refractivity contribution in [1.82, 2.24) is 19.8 Å². The number of aromatic nitrogens is 2. The molecule has 30 heavy (non-hydrogen) atoms. The van der Waals surface area contributed by atoms with E-state index in [0.717, 1.165) is 57.1 Å². The Kier molecular flexibility index (Phi) is 6.08. The molecule has 3 heterocycles. The molecule has 1 atom stereocenters. The van der Waals surface area contributed by atoms with Gasteiger partial charge in [-0.25, -0.2) is 9.97 Å². The molecule has 0 bridgehead atoms. The van der Waals surface area contributed by atoms with E-state index in [1.54, 1.807) is 12.4 Å². The van der Waals surface area contributed by atoms with Gasteiger partial charge in [0, 0.05) is 51.5 Å². The minimum atomic E-state index is -0.728. The summed E-state index contributed by atoms with van der Waals surface area (Å²) in [6.07, 6.45) is 5.63. The molecule has 0 radical (unpaired) electrons. The third kappa shape index (κ3) is 4.21. The van der Waals surface area contributed by atoms with Crippen molar-refractivity contribution in [2.24, 2.45) is 0 Å². The molecule has 2 amide bonds. The molecule has 1 unspecified atom stereocenters. The Hall–Kier alpha value is -2.80. The number of carbonyl (C=O) groups is 2. The molecule has 158 valence electrons. The third-order valence-corrected chi connectivity index (χ3v) is 6.25. The van der Waals surface area contributed by atoms with Gasteiger partial charge in [-0.1, -0.05) is 30.3 Å². The van der Waals surface area contributed by atoms with E-state index in [2.05, 4.69) is 19.8 Å². The number of benzene rings is 1. The van der Waals surface area contributed by atoms with Crippen molar-refractivity contribution in [1.29, 1.82) is 0 Å². The van der Waals surface area contributed by atoms with Crippen LogP contribution in [0.2, 0.25) is 0 Å². The van der Waals surface area contributed by atoms with Gasteiger partial charge in [-0.05, 0) is 37.9 Å². The Morgan fingerprint density at radius 2 is 1.57 bits per heavy atom. The van der Waals surface area contributed by atoms with Gasteiger partial charge in [0.05, 0.1) is 5.41 Å². The zero-order valence-electron chi connectivity index (χ0n) is 17.5. The summed E-state index contributed by atoms with van der Waals surface area (Å²) in [5.41, 5.74) is 0.194. The summed E-state index contributed by atoms with van der Waals surface area (Å²) in [5, 5.41) is 0. The Labute approximate surface area is 177 Å². The second-order valence-electron chi connectivity index (χ2n) is 8.31. The molecule has 0 N–H and O–H groups in total. The van der Waals surface area contributed by atoms with Gasteiger partial charge in [0.25, 0.3) is 0 Å². The van der Waals surface area contributed by atoms with Crippen LogP contribution in [0.1, 0.15) is 31.7 Å². The van der Waals surface area contributed by atoms with Crippen LogP contribution in [0.4, 0.5) is 5.95 Å². The minimum absolute atomic E-state index is 0.0529. The van der Waals surface area contributed by atoms with Crippen LogP contribution in [0.15, 0.2) is 48.8 Å². The van der Waals surface area contributed by atoms with Crippen LogP contribution < -0.4 is 4.90 Å². The number of amides is 2. The van der Waals surface area contributed by atoms with Crippen LogP contribution in [0, 0.1) is 0 Å². The summed E-state index contributed by atoms with van der Waals surface area (Å²) in [7, 11) is 0. The Bertz CT molecular complexity index is 868. The maximum atomic E-state index is 13.0. The largest absolute Gasteiger partial charge is 0.338 e. The highest BCUT2D eigenvalue weighted by molar-refractivity contribution is 6.08. The SMILES string of the molecule is CC1(c2ccccc2)CC(=O)N(CCCCN2CCN(c3ncccn3)CC2)C1=O. The van der Waals surface area contributed by atoms with E-state index in [1.165, 1.54) is 4.90 Å². The van der Waals surface area contributed by atoms with E-state index >= 15 is 0 Å². The average Bonchev–Trinajstić information content (AvgIpc) is 3.02. The normalized spacial score (nSPS) is 22.7. The number of hydrogen-bond acceptors (Lipinski definition) is 6. The quantitative estimate of drug-likeness (QED) is 0.517. The minimum Gasteiger partial charge on any atom is -0.338 e. The van der Waals surface area contributed by atoms with Gasteiger partial charge in [-0.3, -0.25) is 19.4 Å². The van der Waals surface area contributed by atoms with E-state index in [9.17, 15) is 9.59 Å². The number of hydrogen-bond donors (Lipinski definition) is 0. The summed E-state index contributed by atoms with van der Waals surface area (Å²) < 4.78 is 0. The van der Waals surface area contributed by atoms with Crippen molar-refractivity contribution < 1.29 is 9.59 Å². The molecule has 0 aliphatic carbocycles. The second-order valence-corrected chi connectivity index (χ2v) is 8.31. The van der Waals surface area contributed by atoms with Crippen molar-refractivity contribution in [3.8, 4) is 0 Å².